The monoisotopic (exact) mass is 331 g/mol. The summed E-state index contributed by atoms with van der Waals surface area (Å²) in [5.41, 5.74) is -0.409. The summed E-state index contributed by atoms with van der Waals surface area (Å²) in [6.45, 7) is 4.86. The SMILES string of the molecule is CC(C)C1(c2c(F)ccc(Br)c2F)CCCCCN1. The standard InChI is InChI=1S/C15H20BrF2N/c1-10(2)15(8-4-3-5-9-19-15)13-12(17)7-6-11(16)14(13)18/h6-7,10,19H,3-5,8-9H2,1-2H3. The van der Waals surface area contributed by atoms with Crippen LogP contribution in [-0.2, 0) is 5.54 Å². The molecule has 0 bridgehead atoms. The Bertz CT molecular complexity index is 452. The summed E-state index contributed by atoms with van der Waals surface area (Å²) in [4.78, 5) is 0. The number of hydrogen-bond acceptors (Lipinski definition) is 1. The molecule has 1 fully saturated rings. The molecule has 1 aliphatic heterocycles. The zero-order valence-corrected chi connectivity index (χ0v) is 13.0. The minimum absolute atomic E-state index is 0.129. The van der Waals surface area contributed by atoms with Crippen molar-refractivity contribution in [2.24, 2.45) is 5.92 Å². The third kappa shape index (κ3) is 2.70. The number of nitrogens with one attached hydrogen (secondary N) is 1. The van der Waals surface area contributed by atoms with E-state index < -0.39 is 17.2 Å². The van der Waals surface area contributed by atoms with Crippen molar-refractivity contribution in [2.75, 3.05) is 6.54 Å². The molecule has 4 heteroatoms. The Hall–Kier alpha value is -0.480. The second-order valence-electron chi connectivity index (χ2n) is 5.58. The number of halogens is 3. The van der Waals surface area contributed by atoms with Crippen molar-refractivity contribution >= 4 is 15.9 Å². The van der Waals surface area contributed by atoms with E-state index in [9.17, 15) is 8.78 Å². The fraction of sp³-hybridized carbons (Fsp3) is 0.600. The van der Waals surface area contributed by atoms with Crippen molar-refractivity contribution < 1.29 is 8.78 Å². The van der Waals surface area contributed by atoms with Gasteiger partial charge >= 0.3 is 0 Å². The molecule has 1 aromatic rings. The van der Waals surface area contributed by atoms with Crippen LogP contribution in [0.2, 0.25) is 0 Å². The molecule has 0 radical (unpaired) electrons. The molecule has 1 heterocycles. The van der Waals surface area contributed by atoms with E-state index in [1.165, 1.54) is 12.1 Å². The van der Waals surface area contributed by atoms with Gasteiger partial charge in [0, 0.05) is 5.56 Å². The Morgan fingerprint density at radius 2 is 1.95 bits per heavy atom. The van der Waals surface area contributed by atoms with Gasteiger partial charge in [0.2, 0.25) is 0 Å². The summed E-state index contributed by atoms with van der Waals surface area (Å²) in [6.07, 6.45) is 3.94. The normalized spacial score (nSPS) is 24.5. The molecule has 0 amide bonds. The van der Waals surface area contributed by atoms with E-state index in [1.54, 1.807) is 0 Å². The molecule has 2 rings (SSSR count). The topological polar surface area (TPSA) is 12.0 Å². The third-order valence-electron chi connectivity index (χ3n) is 4.16. The molecule has 19 heavy (non-hydrogen) atoms. The first kappa shape index (κ1) is 14.9. The van der Waals surface area contributed by atoms with Gasteiger partial charge in [0.15, 0.2) is 0 Å². The minimum Gasteiger partial charge on any atom is -0.307 e. The van der Waals surface area contributed by atoms with E-state index >= 15 is 0 Å². The average Bonchev–Trinajstić information content (AvgIpc) is 2.61. The molecule has 1 atom stereocenters. The molecular formula is C15H20BrF2N. The zero-order valence-electron chi connectivity index (χ0n) is 11.4. The highest BCUT2D eigenvalue weighted by Crippen LogP contribution is 2.40. The highest BCUT2D eigenvalue weighted by Gasteiger charge is 2.40. The maximum absolute atomic E-state index is 14.5. The number of benzene rings is 1. The minimum atomic E-state index is -0.603. The van der Waals surface area contributed by atoms with Crippen LogP contribution in [0.3, 0.4) is 0 Å². The first-order chi connectivity index (χ1) is 8.99. The Kier molecular flexibility index (Phi) is 4.62. The van der Waals surface area contributed by atoms with E-state index in [2.05, 4.69) is 21.2 Å². The summed E-state index contributed by atoms with van der Waals surface area (Å²) in [5.74, 6) is -0.796. The van der Waals surface area contributed by atoms with Crippen LogP contribution in [-0.4, -0.2) is 6.54 Å². The van der Waals surface area contributed by atoms with Gasteiger partial charge in [-0.1, -0.05) is 26.7 Å². The highest BCUT2D eigenvalue weighted by atomic mass is 79.9. The average molecular weight is 332 g/mol. The van der Waals surface area contributed by atoms with Gasteiger partial charge in [-0.25, -0.2) is 8.78 Å². The lowest BCUT2D eigenvalue weighted by molar-refractivity contribution is 0.214. The molecule has 1 unspecified atom stereocenters. The molecule has 1 aromatic carbocycles. The summed E-state index contributed by atoms with van der Waals surface area (Å²) < 4.78 is 29.0. The zero-order chi connectivity index (χ0) is 14.0. The maximum Gasteiger partial charge on any atom is 0.145 e. The van der Waals surface area contributed by atoms with Gasteiger partial charge in [-0.15, -0.1) is 0 Å². The molecule has 1 aliphatic rings. The van der Waals surface area contributed by atoms with E-state index in [0.717, 1.165) is 32.2 Å². The van der Waals surface area contributed by atoms with Crippen molar-refractivity contribution in [2.45, 2.75) is 45.1 Å². The summed E-state index contributed by atoms with van der Waals surface area (Å²) >= 11 is 3.17. The van der Waals surface area contributed by atoms with Gasteiger partial charge in [-0.3, -0.25) is 0 Å². The molecular weight excluding hydrogens is 312 g/mol. The van der Waals surface area contributed by atoms with Crippen LogP contribution in [0.1, 0.15) is 45.1 Å². The van der Waals surface area contributed by atoms with E-state index in [0.29, 0.717) is 4.47 Å². The van der Waals surface area contributed by atoms with Crippen LogP contribution in [0.25, 0.3) is 0 Å². The van der Waals surface area contributed by atoms with Gasteiger partial charge in [0.25, 0.3) is 0 Å². The lowest BCUT2D eigenvalue weighted by Crippen LogP contribution is -2.47. The van der Waals surface area contributed by atoms with Crippen LogP contribution in [0, 0.1) is 17.6 Å². The molecule has 0 aromatic heterocycles. The predicted octanol–water partition coefficient (Wildman–Crippen LogP) is 4.74. The van der Waals surface area contributed by atoms with Gasteiger partial charge in [0.05, 0.1) is 10.0 Å². The molecule has 1 N–H and O–H groups in total. The van der Waals surface area contributed by atoms with E-state index in [4.69, 9.17) is 0 Å². The van der Waals surface area contributed by atoms with Gasteiger partial charge in [-0.05, 0) is 53.4 Å². The number of hydrogen-bond donors (Lipinski definition) is 1. The van der Waals surface area contributed by atoms with Gasteiger partial charge in [-0.2, -0.15) is 0 Å². The van der Waals surface area contributed by atoms with Crippen molar-refractivity contribution in [1.29, 1.82) is 0 Å². The fourth-order valence-corrected chi connectivity index (χ4v) is 3.37. The van der Waals surface area contributed by atoms with Gasteiger partial charge in [0.1, 0.15) is 11.6 Å². The first-order valence-corrected chi connectivity index (χ1v) is 7.67. The quantitative estimate of drug-likeness (QED) is 0.771. The second kappa shape index (κ2) is 5.88. The summed E-state index contributed by atoms with van der Waals surface area (Å²) in [6, 6.07) is 2.78. The maximum atomic E-state index is 14.5. The van der Waals surface area contributed by atoms with Crippen LogP contribution in [0.5, 0.6) is 0 Å². The smallest absolute Gasteiger partial charge is 0.145 e. The van der Waals surface area contributed by atoms with Crippen molar-refractivity contribution in [1.82, 2.24) is 5.32 Å². The fourth-order valence-electron chi connectivity index (χ4n) is 3.04. The van der Waals surface area contributed by atoms with Crippen molar-refractivity contribution in [3.63, 3.8) is 0 Å². The number of rotatable bonds is 2. The predicted molar refractivity (Wildman–Crippen MR) is 77.0 cm³/mol. The Balaban J connectivity index is 2.58. The highest BCUT2D eigenvalue weighted by molar-refractivity contribution is 9.10. The lowest BCUT2D eigenvalue weighted by Gasteiger charge is -2.39. The van der Waals surface area contributed by atoms with E-state index in [-0.39, 0.29) is 11.5 Å². The molecule has 1 nitrogen and oxygen atoms in total. The Labute approximate surface area is 121 Å². The van der Waals surface area contributed by atoms with Crippen LogP contribution in [0.4, 0.5) is 8.78 Å². The largest absolute Gasteiger partial charge is 0.307 e. The molecule has 106 valence electrons. The summed E-state index contributed by atoms with van der Waals surface area (Å²) in [7, 11) is 0. The lowest BCUT2D eigenvalue weighted by atomic mass is 9.76. The Morgan fingerprint density at radius 3 is 2.63 bits per heavy atom. The third-order valence-corrected chi connectivity index (χ3v) is 4.78. The molecule has 1 saturated heterocycles. The van der Waals surface area contributed by atoms with Crippen LogP contribution < -0.4 is 5.32 Å². The van der Waals surface area contributed by atoms with Crippen molar-refractivity contribution in [3.05, 3.63) is 33.8 Å². The van der Waals surface area contributed by atoms with Crippen LogP contribution in [0.15, 0.2) is 16.6 Å². The molecule has 0 saturated carbocycles. The van der Waals surface area contributed by atoms with E-state index in [1.807, 2.05) is 13.8 Å². The summed E-state index contributed by atoms with van der Waals surface area (Å²) in [5, 5.41) is 3.42. The molecule has 0 aliphatic carbocycles. The Morgan fingerprint density at radius 1 is 1.21 bits per heavy atom. The molecule has 0 spiro atoms. The van der Waals surface area contributed by atoms with Crippen molar-refractivity contribution in [3.8, 4) is 0 Å². The second-order valence-corrected chi connectivity index (χ2v) is 6.44. The van der Waals surface area contributed by atoms with Crippen LogP contribution >= 0.6 is 15.9 Å². The van der Waals surface area contributed by atoms with Gasteiger partial charge < -0.3 is 5.32 Å². The first-order valence-electron chi connectivity index (χ1n) is 6.88.